The van der Waals surface area contributed by atoms with Crippen LogP contribution in [0.2, 0.25) is 0 Å². The fraction of sp³-hybridized carbons (Fsp3) is 0.900. The van der Waals surface area contributed by atoms with Gasteiger partial charge in [-0.05, 0) is 24.8 Å². The first kappa shape index (κ1) is 13.4. The molecule has 0 aliphatic heterocycles. The van der Waals surface area contributed by atoms with Crippen molar-refractivity contribution in [2.75, 3.05) is 19.7 Å². The van der Waals surface area contributed by atoms with Crippen LogP contribution in [0.25, 0.3) is 0 Å². The van der Waals surface area contributed by atoms with E-state index in [1.807, 2.05) is 0 Å². The molecule has 0 saturated heterocycles. The van der Waals surface area contributed by atoms with E-state index in [4.69, 9.17) is 10.2 Å². The van der Waals surface area contributed by atoms with Gasteiger partial charge in [-0.1, -0.05) is 13.8 Å². The summed E-state index contributed by atoms with van der Waals surface area (Å²) in [5.41, 5.74) is 0.0813. The van der Waals surface area contributed by atoms with Crippen molar-refractivity contribution in [2.24, 2.45) is 5.41 Å². The molecule has 0 aromatic carbocycles. The summed E-state index contributed by atoms with van der Waals surface area (Å²) in [5.74, 6) is -0.749. The van der Waals surface area contributed by atoms with Crippen LogP contribution in [0.1, 0.15) is 33.1 Å². The van der Waals surface area contributed by atoms with Crippen molar-refractivity contribution in [3.8, 4) is 0 Å². The third kappa shape index (κ3) is 8.01. The molecule has 0 rings (SSSR count). The van der Waals surface area contributed by atoms with E-state index in [9.17, 15) is 4.79 Å². The van der Waals surface area contributed by atoms with Gasteiger partial charge in [0.1, 0.15) is 0 Å². The Hall–Kier alpha value is -0.610. The van der Waals surface area contributed by atoms with Crippen molar-refractivity contribution in [1.82, 2.24) is 5.32 Å². The SMILES string of the molecule is CC(C)(CCO)CNCCCC(=O)O. The summed E-state index contributed by atoms with van der Waals surface area (Å²) in [4.78, 5) is 10.2. The first-order valence-electron chi connectivity index (χ1n) is 5.01. The van der Waals surface area contributed by atoms with Crippen LogP contribution in [-0.4, -0.2) is 35.9 Å². The molecule has 4 nitrogen and oxygen atoms in total. The summed E-state index contributed by atoms with van der Waals surface area (Å²) in [6, 6.07) is 0. The van der Waals surface area contributed by atoms with Gasteiger partial charge < -0.3 is 15.5 Å². The van der Waals surface area contributed by atoms with Gasteiger partial charge in [0, 0.05) is 19.6 Å². The number of nitrogens with one attached hydrogen (secondary N) is 1. The monoisotopic (exact) mass is 203 g/mol. The molecule has 0 bridgehead atoms. The van der Waals surface area contributed by atoms with Crippen LogP contribution >= 0.6 is 0 Å². The van der Waals surface area contributed by atoms with Crippen LogP contribution in [0.5, 0.6) is 0 Å². The number of rotatable bonds is 8. The van der Waals surface area contributed by atoms with E-state index in [1.165, 1.54) is 0 Å². The maximum absolute atomic E-state index is 10.2. The maximum Gasteiger partial charge on any atom is 0.303 e. The molecule has 0 atom stereocenters. The van der Waals surface area contributed by atoms with E-state index >= 15 is 0 Å². The molecule has 14 heavy (non-hydrogen) atoms. The Morgan fingerprint density at radius 3 is 2.57 bits per heavy atom. The highest BCUT2D eigenvalue weighted by atomic mass is 16.4. The highest BCUT2D eigenvalue weighted by Crippen LogP contribution is 2.17. The standard InChI is InChI=1S/C10H21NO3/c1-10(2,5-7-12)8-11-6-3-4-9(13)14/h11-12H,3-8H2,1-2H3,(H,13,14). The molecular formula is C10H21NO3. The van der Waals surface area contributed by atoms with Gasteiger partial charge in [0.25, 0.3) is 0 Å². The lowest BCUT2D eigenvalue weighted by Gasteiger charge is -2.23. The number of carboxylic acids is 1. The fourth-order valence-corrected chi connectivity index (χ4v) is 1.18. The van der Waals surface area contributed by atoms with Gasteiger partial charge in [-0.15, -0.1) is 0 Å². The third-order valence-corrected chi connectivity index (χ3v) is 2.14. The number of aliphatic carboxylic acids is 1. The average molecular weight is 203 g/mol. The minimum Gasteiger partial charge on any atom is -0.481 e. The molecule has 0 aromatic rings. The van der Waals surface area contributed by atoms with Crippen molar-refractivity contribution >= 4 is 5.97 Å². The smallest absolute Gasteiger partial charge is 0.303 e. The Morgan fingerprint density at radius 2 is 2.07 bits per heavy atom. The molecule has 84 valence electrons. The maximum atomic E-state index is 10.2. The van der Waals surface area contributed by atoms with Gasteiger partial charge in [-0.3, -0.25) is 4.79 Å². The molecule has 0 aliphatic carbocycles. The van der Waals surface area contributed by atoms with Crippen LogP contribution in [0.15, 0.2) is 0 Å². The van der Waals surface area contributed by atoms with Gasteiger partial charge >= 0.3 is 5.97 Å². The molecule has 0 amide bonds. The third-order valence-electron chi connectivity index (χ3n) is 2.14. The summed E-state index contributed by atoms with van der Waals surface area (Å²) in [7, 11) is 0. The van der Waals surface area contributed by atoms with E-state index in [0.29, 0.717) is 6.42 Å². The zero-order valence-corrected chi connectivity index (χ0v) is 9.05. The number of aliphatic hydroxyl groups excluding tert-OH is 1. The Balaban J connectivity index is 3.39. The highest BCUT2D eigenvalue weighted by Gasteiger charge is 2.15. The number of carboxylic acid groups (broad SMARTS) is 1. The molecule has 0 fully saturated rings. The molecule has 0 saturated carbocycles. The second kappa shape index (κ2) is 6.79. The van der Waals surface area contributed by atoms with Crippen molar-refractivity contribution in [3.05, 3.63) is 0 Å². The van der Waals surface area contributed by atoms with Crippen molar-refractivity contribution in [3.63, 3.8) is 0 Å². The first-order chi connectivity index (χ1) is 6.48. The van der Waals surface area contributed by atoms with E-state index < -0.39 is 5.97 Å². The molecule has 0 aliphatic rings. The molecule has 0 aromatic heterocycles. The predicted octanol–water partition coefficient (Wildman–Crippen LogP) is 0.849. The average Bonchev–Trinajstić information content (AvgIpc) is 2.02. The largest absolute Gasteiger partial charge is 0.481 e. The lowest BCUT2D eigenvalue weighted by atomic mass is 9.90. The minimum atomic E-state index is -0.749. The van der Waals surface area contributed by atoms with Crippen molar-refractivity contribution in [1.29, 1.82) is 0 Å². The van der Waals surface area contributed by atoms with Gasteiger partial charge in [-0.25, -0.2) is 0 Å². The lowest BCUT2D eigenvalue weighted by Crippen LogP contribution is -2.31. The number of carbonyl (C=O) groups is 1. The van der Waals surface area contributed by atoms with Crippen LogP contribution < -0.4 is 5.32 Å². The molecular weight excluding hydrogens is 182 g/mol. The Labute approximate surface area is 85.3 Å². The van der Waals surface area contributed by atoms with E-state index in [-0.39, 0.29) is 18.4 Å². The van der Waals surface area contributed by atoms with Crippen LogP contribution in [0.4, 0.5) is 0 Å². The van der Waals surface area contributed by atoms with Gasteiger partial charge in [-0.2, -0.15) is 0 Å². The topological polar surface area (TPSA) is 69.6 Å². The number of hydrogen-bond donors (Lipinski definition) is 3. The molecule has 0 heterocycles. The van der Waals surface area contributed by atoms with Gasteiger partial charge in [0.15, 0.2) is 0 Å². The lowest BCUT2D eigenvalue weighted by molar-refractivity contribution is -0.137. The van der Waals surface area contributed by atoms with E-state index in [2.05, 4.69) is 19.2 Å². The van der Waals surface area contributed by atoms with Crippen LogP contribution in [0.3, 0.4) is 0 Å². The van der Waals surface area contributed by atoms with Crippen LogP contribution in [0, 0.1) is 5.41 Å². The summed E-state index contributed by atoms with van der Waals surface area (Å²) >= 11 is 0. The Bertz CT molecular complexity index is 169. The van der Waals surface area contributed by atoms with Crippen molar-refractivity contribution < 1.29 is 15.0 Å². The van der Waals surface area contributed by atoms with E-state index in [1.54, 1.807) is 0 Å². The first-order valence-corrected chi connectivity index (χ1v) is 5.01. The van der Waals surface area contributed by atoms with Gasteiger partial charge in [0.05, 0.1) is 0 Å². The second-order valence-corrected chi connectivity index (χ2v) is 4.31. The fourth-order valence-electron chi connectivity index (χ4n) is 1.18. The zero-order chi connectivity index (χ0) is 11.0. The number of hydrogen-bond acceptors (Lipinski definition) is 3. The summed E-state index contributed by atoms with van der Waals surface area (Å²) < 4.78 is 0. The highest BCUT2D eigenvalue weighted by molar-refractivity contribution is 5.66. The minimum absolute atomic E-state index is 0.0813. The molecule has 3 N–H and O–H groups in total. The molecule has 0 spiro atoms. The Morgan fingerprint density at radius 1 is 1.43 bits per heavy atom. The zero-order valence-electron chi connectivity index (χ0n) is 9.05. The quantitative estimate of drug-likeness (QED) is 0.511. The van der Waals surface area contributed by atoms with Gasteiger partial charge in [0.2, 0.25) is 0 Å². The Kier molecular flexibility index (Phi) is 6.49. The normalized spacial score (nSPS) is 11.6. The summed E-state index contributed by atoms with van der Waals surface area (Å²) in [6.07, 6.45) is 1.64. The predicted molar refractivity (Wildman–Crippen MR) is 55.2 cm³/mol. The number of aliphatic hydroxyl groups is 1. The van der Waals surface area contributed by atoms with Crippen LogP contribution in [-0.2, 0) is 4.79 Å². The second-order valence-electron chi connectivity index (χ2n) is 4.31. The summed E-state index contributed by atoms with van der Waals surface area (Å²) in [5, 5.41) is 20.4. The molecule has 4 heteroatoms. The van der Waals surface area contributed by atoms with E-state index in [0.717, 1.165) is 19.5 Å². The molecule has 0 unspecified atom stereocenters. The van der Waals surface area contributed by atoms with Crippen molar-refractivity contribution in [2.45, 2.75) is 33.1 Å². The molecule has 0 radical (unpaired) electrons. The summed E-state index contributed by atoms with van der Waals surface area (Å²) in [6.45, 7) is 5.89.